The summed E-state index contributed by atoms with van der Waals surface area (Å²) in [5.41, 5.74) is 1.68. The fourth-order valence-electron chi connectivity index (χ4n) is 6.40. The van der Waals surface area contributed by atoms with Crippen molar-refractivity contribution in [2.75, 3.05) is 0 Å². The molecule has 1 aromatic carbocycles. The maximum absolute atomic E-state index is 12.0. The Bertz CT molecular complexity index is 805. The van der Waals surface area contributed by atoms with Gasteiger partial charge in [0.2, 0.25) is 0 Å². The Kier molecular flexibility index (Phi) is 7.34. The first kappa shape index (κ1) is 23.4. The lowest BCUT2D eigenvalue weighted by molar-refractivity contribution is -0.168. The lowest BCUT2D eigenvalue weighted by Gasteiger charge is -2.42. The first-order valence-electron chi connectivity index (χ1n) is 12.8. The number of esters is 1. The second-order valence-electron chi connectivity index (χ2n) is 10.4. The highest BCUT2D eigenvalue weighted by molar-refractivity contribution is 5.66. The van der Waals surface area contributed by atoms with E-state index in [1.54, 1.807) is 6.07 Å². The molecule has 4 rings (SSSR count). The van der Waals surface area contributed by atoms with Gasteiger partial charge in [-0.05, 0) is 87.7 Å². The average Bonchev–Trinajstić information content (AvgIpc) is 3.11. The third-order valence-electron chi connectivity index (χ3n) is 8.20. The molecule has 5 unspecified atom stereocenters. The fraction of sp³-hybridized carbons (Fsp3) is 0.741. The number of benzene rings is 1. The van der Waals surface area contributed by atoms with E-state index in [2.05, 4.69) is 6.92 Å². The maximum atomic E-state index is 12.0. The van der Waals surface area contributed by atoms with E-state index in [1.165, 1.54) is 25.3 Å². The minimum Gasteiger partial charge on any atom is -0.504 e. The van der Waals surface area contributed by atoms with Gasteiger partial charge in [0.1, 0.15) is 11.7 Å². The largest absolute Gasteiger partial charge is 0.504 e. The summed E-state index contributed by atoms with van der Waals surface area (Å²) >= 11 is 0. The zero-order valence-corrected chi connectivity index (χ0v) is 19.8. The van der Waals surface area contributed by atoms with E-state index in [4.69, 9.17) is 9.47 Å². The van der Waals surface area contributed by atoms with Crippen LogP contribution in [0.2, 0.25) is 0 Å². The highest BCUT2D eigenvalue weighted by Gasteiger charge is 2.42. The van der Waals surface area contributed by atoms with Crippen molar-refractivity contribution in [1.82, 2.24) is 0 Å². The molecule has 2 fully saturated rings. The van der Waals surface area contributed by atoms with Crippen LogP contribution in [0.3, 0.4) is 0 Å². The molecule has 1 aromatic rings. The van der Waals surface area contributed by atoms with Crippen LogP contribution in [0.4, 0.5) is 0 Å². The molecule has 3 aliphatic rings. The molecule has 2 aliphatic carbocycles. The number of rotatable bonds is 7. The summed E-state index contributed by atoms with van der Waals surface area (Å²) in [5, 5.41) is 21.4. The number of aliphatic hydroxyl groups is 1. The third kappa shape index (κ3) is 5.08. The van der Waals surface area contributed by atoms with Crippen LogP contribution in [0.15, 0.2) is 12.1 Å². The molecule has 178 valence electrons. The number of ether oxygens (including phenoxy) is 2. The van der Waals surface area contributed by atoms with Gasteiger partial charge in [0.05, 0.1) is 6.10 Å². The Morgan fingerprint density at radius 1 is 1.25 bits per heavy atom. The molecule has 0 spiro atoms. The van der Waals surface area contributed by atoms with E-state index in [9.17, 15) is 15.0 Å². The van der Waals surface area contributed by atoms with Gasteiger partial charge in [-0.2, -0.15) is 0 Å². The van der Waals surface area contributed by atoms with Gasteiger partial charge in [-0.3, -0.25) is 4.79 Å². The SMILES string of the molecule is CCCCC1CCC(CCc2ccc(O)c3c2CCC2CCCC2O3)(OC(C)=O)CC1O. The molecule has 2 saturated carbocycles. The summed E-state index contributed by atoms with van der Waals surface area (Å²) in [7, 11) is 0. The summed E-state index contributed by atoms with van der Waals surface area (Å²) < 4.78 is 12.2. The number of phenolic OH excluding ortho intramolecular Hbond substituents is 1. The van der Waals surface area contributed by atoms with Crippen molar-refractivity contribution in [1.29, 1.82) is 0 Å². The molecule has 0 saturated heterocycles. The minimum absolute atomic E-state index is 0.221. The molecule has 32 heavy (non-hydrogen) atoms. The van der Waals surface area contributed by atoms with Gasteiger partial charge in [0, 0.05) is 18.9 Å². The van der Waals surface area contributed by atoms with E-state index >= 15 is 0 Å². The molecule has 0 radical (unpaired) electrons. The first-order chi connectivity index (χ1) is 15.4. The van der Waals surface area contributed by atoms with E-state index in [1.807, 2.05) is 6.07 Å². The number of carbonyl (C=O) groups excluding carboxylic acids is 1. The molecule has 0 amide bonds. The highest BCUT2D eigenvalue weighted by atomic mass is 16.6. The molecule has 5 nitrogen and oxygen atoms in total. The number of aliphatic hydroxyl groups excluding tert-OH is 1. The van der Waals surface area contributed by atoms with Crippen LogP contribution in [0, 0.1) is 11.8 Å². The normalized spacial score (nSPS) is 31.8. The average molecular weight is 445 g/mol. The van der Waals surface area contributed by atoms with Crippen molar-refractivity contribution in [2.45, 2.75) is 115 Å². The Balaban J connectivity index is 1.50. The third-order valence-corrected chi connectivity index (χ3v) is 8.20. The molecular formula is C27H40O5. The predicted octanol–water partition coefficient (Wildman–Crippen LogP) is 5.47. The van der Waals surface area contributed by atoms with Gasteiger partial charge < -0.3 is 19.7 Å². The minimum atomic E-state index is -0.610. The van der Waals surface area contributed by atoms with Gasteiger partial charge in [0.25, 0.3) is 0 Å². The molecule has 1 aliphatic heterocycles. The topological polar surface area (TPSA) is 76.0 Å². The summed E-state index contributed by atoms with van der Waals surface area (Å²) in [6.45, 7) is 3.65. The summed E-state index contributed by atoms with van der Waals surface area (Å²) in [5.74, 6) is 1.51. The molecule has 2 N–H and O–H groups in total. The number of aromatic hydroxyl groups is 1. The summed E-state index contributed by atoms with van der Waals surface area (Å²) in [6, 6.07) is 3.75. The number of unbranched alkanes of at least 4 members (excludes halogenated alkanes) is 1. The second-order valence-corrected chi connectivity index (χ2v) is 10.4. The molecule has 0 bridgehead atoms. The second kappa shape index (κ2) is 10.0. The Hall–Kier alpha value is -1.75. The highest BCUT2D eigenvalue weighted by Crippen LogP contribution is 2.45. The number of carbonyl (C=O) groups is 1. The first-order valence-corrected chi connectivity index (χ1v) is 12.8. The van der Waals surface area contributed by atoms with Crippen LogP contribution in [-0.2, 0) is 22.4 Å². The van der Waals surface area contributed by atoms with Crippen LogP contribution in [0.25, 0.3) is 0 Å². The Labute approximate surface area is 192 Å². The molecule has 1 heterocycles. The number of hydrogen-bond donors (Lipinski definition) is 2. The lowest BCUT2D eigenvalue weighted by atomic mass is 9.72. The number of aryl methyl sites for hydroxylation is 1. The van der Waals surface area contributed by atoms with Crippen LogP contribution in [0.5, 0.6) is 11.5 Å². The van der Waals surface area contributed by atoms with Crippen molar-refractivity contribution in [3.05, 3.63) is 23.3 Å². The fourth-order valence-corrected chi connectivity index (χ4v) is 6.40. The van der Waals surface area contributed by atoms with Crippen LogP contribution in [0.1, 0.15) is 95.6 Å². The van der Waals surface area contributed by atoms with Crippen molar-refractivity contribution < 1.29 is 24.5 Å². The monoisotopic (exact) mass is 444 g/mol. The van der Waals surface area contributed by atoms with Crippen LogP contribution < -0.4 is 4.74 Å². The maximum Gasteiger partial charge on any atom is 0.303 e. The molecule has 5 atom stereocenters. The number of hydrogen-bond acceptors (Lipinski definition) is 5. The van der Waals surface area contributed by atoms with Gasteiger partial charge in [-0.1, -0.05) is 25.8 Å². The quantitative estimate of drug-likeness (QED) is 0.545. The summed E-state index contributed by atoms with van der Waals surface area (Å²) in [6.07, 6.45) is 12.3. The standard InChI is InChI=1S/C27H40O5/c1-3-4-6-20-14-16-27(17-24(20)30,32-18(2)28)15-13-19-10-12-23(29)26-22(19)11-9-21-7-5-8-25(21)31-26/h10,12,20-21,24-25,29-30H,3-9,11,13-17H2,1-2H3. The molecule has 0 aromatic heterocycles. The van der Waals surface area contributed by atoms with Gasteiger partial charge in [0.15, 0.2) is 11.5 Å². The lowest BCUT2D eigenvalue weighted by Crippen LogP contribution is -2.45. The van der Waals surface area contributed by atoms with Gasteiger partial charge >= 0.3 is 5.97 Å². The zero-order valence-electron chi connectivity index (χ0n) is 19.8. The van der Waals surface area contributed by atoms with Crippen molar-refractivity contribution in [3.8, 4) is 11.5 Å². The van der Waals surface area contributed by atoms with Crippen LogP contribution in [-0.4, -0.2) is 34.0 Å². The van der Waals surface area contributed by atoms with Gasteiger partial charge in [-0.15, -0.1) is 0 Å². The van der Waals surface area contributed by atoms with E-state index < -0.39 is 11.7 Å². The molecule has 5 heteroatoms. The van der Waals surface area contributed by atoms with Crippen molar-refractivity contribution in [3.63, 3.8) is 0 Å². The van der Waals surface area contributed by atoms with E-state index in [-0.39, 0.29) is 17.8 Å². The smallest absolute Gasteiger partial charge is 0.303 e. The Morgan fingerprint density at radius 3 is 2.84 bits per heavy atom. The van der Waals surface area contributed by atoms with Crippen molar-refractivity contribution in [2.24, 2.45) is 11.8 Å². The Morgan fingerprint density at radius 2 is 2.09 bits per heavy atom. The van der Waals surface area contributed by atoms with E-state index in [0.717, 1.165) is 63.4 Å². The zero-order chi connectivity index (χ0) is 22.7. The van der Waals surface area contributed by atoms with Crippen LogP contribution >= 0.6 is 0 Å². The number of phenols is 1. The summed E-state index contributed by atoms with van der Waals surface area (Å²) in [4.78, 5) is 12.0. The predicted molar refractivity (Wildman–Crippen MR) is 124 cm³/mol. The van der Waals surface area contributed by atoms with E-state index in [0.29, 0.717) is 30.4 Å². The van der Waals surface area contributed by atoms with Crippen molar-refractivity contribution >= 4 is 5.97 Å². The van der Waals surface area contributed by atoms with Gasteiger partial charge in [-0.25, -0.2) is 0 Å². The molecular weight excluding hydrogens is 404 g/mol. The number of fused-ring (bicyclic) bond motifs is 2.